The van der Waals surface area contributed by atoms with E-state index < -0.39 is 0 Å². The van der Waals surface area contributed by atoms with E-state index in [9.17, 15) is 5.11 Å². The summed E-state index contributed by atoms with van der Waals surface area (Å²) in [6.45, 7) is 4.25. The summed E-state index contributed by atoms with van der Waals surface area (Å²) in [5.74, 6) is 0.219. The zero-order chi connectivity index (χ0) is 13.0. The number of phenolic OH excluding ortho intramolecular Hbond substituents is 1. The Balaban J connectivity index is 2.31. The van der Waals surface area contributed by atoms with Gasteiger partial charge in [-0.3, -0.25) is 4.99 Å². The molecule has 2 rings (SSSR count). The van der Waals surface area contributed by atoms with E-state index in [1.165, 1.54) is 0 Å². The van der Waals surface area contributed by atoms with Crippen molar-refractivity contribution in [3.05, 3.63) is 53.6 Å². The van der Waals surface area contributed by atoms with Gasteiger partial charge in [0.1, 0.15) is 5.75 Å². The molecule has 0 fully saturated rings. The van der Waals surface area contributed by atoms with Crippen LogP contribution >= 0.6 is 0 Å². The number of nitrogens with zero attached hydrogens (tertiary/aromatic N) is 2. The zero-order valence-electron chi connectivity index (χ0n) is 10.1. The van der Waals surface area contributed by atoms with Gasteiger partial charge in [-0.2, -0.15) is 5.26 Å². The van der Waals surface area contributed by atoms with Crippen LogP contribution in [0.1, 0.15) is 17.5 Å². The molecule has 0 aromatic heterocycles. The van der Waals surface area contributed by atoms with Crippen LogP contribution in [-0.4, -0.2) is 17.4 Å². The molecule has 0 bridgehead atoms. The van der Waals surface area contributed by atoms with Gasteiger partial charge in [0.05, 0.1) is 24.7 Å². The van der Waals surface area contributed by atoms with E-state index in [-0.39, 0.29) is 5.75 Å². The molecule has 1 aromatic carbocycles. The fourth-order valence-corrected chi connectivity index (χ4v) is 1.92. The number of nitriles is 1. The molecule has 0 saturated heterocycles. The number of aliphatic imine (C=N–C) groups is 1. The Hall–Kier alpha value is -2.34. The smallest absolute Gasteiger partial charge is 0.124 e. The molecule has 0 radical (unpaired) electrons. The van der Waals surface area contributed by atoms with Gasteiger partial charge in [-0.25, -0.2) is 0 Å². The van der Waals surface area contributed by atoms with E-state index in [2.05, 4.69) is 17.6 Å². The van der Waals surface area contributed by atoms with Gasteiger partial charge in [0, 0.05) is 5.56 Å². The van der Waals surface area contributed by atoms with E-state index >= 15 is 0 Å². The molecule has 0 saturated carbocycles. The molecule has 0 amide bonds. The van der Waals surface area contributed by atoms with Crippen LogP contribution in [-0.2, 0) is 6.42 Å². The summed E-state index contributed by atoms with van der Waals surface area (Å²) < 4.78 is 0. The first-order valence-electron chi connectivity index (χ1n) is 5.78. The van der Waals surface area contributed by atoms with E-state index in [4.69, 9.17) is 5.26 Å². The Labute approximate surface area is 106 Å². The van der Waals surface area contributed by atoms with Gasteiger partial charge in [0.25, 0.3) is 0 Å². The van der Waals surface area contributed by atoms with Crippen LogP contribution in [0, 0.1) is 11.3 Å². The van der Waals surface area contributed by atoms with Crippen molar-refractivity contribution in [1.82, 2.24) is 0 Å². The second-order valence-corrected chi connectivity index (χ2v) is 4.18. The lowest BCUT2D eigenvalue weighted by Crippen LogP contribution is -1.96. The highest BCUT2D eigenvalue weighted by Gasteiger charge is 2.13. The molecular formula is C15H14N2O. The SMILES string of the molecule is C=CCc1ccc(O)c(C2=NCC(CC#N)=C2)c1. The van der Waals surface area contributed by atoms with E-state index in [0.717, 1.165) is 28.8 Å². The second kappa shape index (κ2) is 5.33. The molecule has 3 nitrogen and oxygen atoms in total. The summed E-state index contributed by atoms with van der Waals surface area (Å²) >= 11 is 0. The lowest BCUT2D eigenvalue weighted by atomic mass is 10.0. The van der Waals surface area contributed by atoms with Crippen LogP contribution in [0.2, 0.25) is 0 Å². The molecule has 1 aliphatic heterocycles. The summed E-state index contributed by atoms with van der Waals surface area (Å²) in [6, 6.07) is 7.57. The molecule has 0 spiro atoms. The minimum Gasteiger partial charge on any atom is -0.507 e. The van der Waals surface area contributed by atoms with Crippen molar-refractivity contribution in [2.45, 2.75) is 12.8 Å². The normalized spacial score (nSPS) is 13.7. The van der Waals surface area contributed by atoms with Crippen molar-refractivity contribution >= 4 is 5.71 Å². The van der Waals surface area contributed by atoms with E-state index in [0.29, 0.717) is 13.0 Å². The molecule has 1 N–H and O–H groups in total. The third-order valence-electron chi connectivity index (χ3n) is 2.82. The molecule has 0 aliphatic carbocycles. The van der Waals surface area contributed by atoms with Crippen molar-refractivity contribution in [3.63, 3.8) is 0 Å². The minimum atomic E-state index is 0.219. The largest absolute Gasteiger partial charge is 0.507 e. The molecule has 0 unspecified atom stereocenters. The number of benzene rings is 1. The van der Waals surface area contributed by atoms with Crippen molar-refractivity contribution in [2.24, 2.45) is 4.99 Å². The molecule has 0 atom stereocenters. The van der Waals surface area contributed by atoms with Crippen molar-refractivity contribution in [1.29, 1.82) is 5.26 Å². The Morgan fingerprint density at radius 2 is 2.33 bits per heavy atom. The summed E-state index contributed by atoms with van der Waals surface area (Å²) in [4.78, 5) is 4.36. The predicted octanol–water partition coefficient (Wildman–Crippen LogP) is 2.76. The first kappa shape index (κ1) is 12.1. The van der Waals surface area contributed by atoms with Gasteiger partial charge >= 0.3 is 0 Å². The Morgan fingerprint density at radius 3 is 3.06 bits per heavy atom. The summed E-state index contributed by atoms with van der Waals surface area (Å²) in [5.41, 5.74) is 3.55. The molecule has 90 valence electrons. The molecule has 18 heavy (non-hydrogen) atoms. The molecule has 1 aromatic rings. The van der Waals surface area contributed by atoms with Crippen LogP contribution in [0.4, 0.5) is 0 Å². The number of phenols is 1. The number of hydrogen-bond donors (Lipinski definition) is 1. The fourth-order valence-electron chi connectivity index (χ4n) is 1.92. The Bertz CT molecular complexity index is 577. The van der Waals surface area contributed by atoms with Gasteiger partial charge in [-0.1, -0.05) is 12.1 Å². The first-order valence-corrected chi connectivity index (χ1v) is 5.78. The average molecular weight is 238 g/mol. The maximum Gasteiger partial charge on any atom is 0.124 e. The topological polar surface area (TPSA) is 56.4 Å². The average Bonchev–Trinajstić information content (AvgIpc) is 2.81. The molecule has 3 heteroatoms. The highest BCUT2D eigenvalue weighted by molar-refractivity contribution is 6.12. The van der Waals surface area contributed by atoms with Gasteiger partial charge in [-0.15, -0.1) is 6.58 Å². The van der Waals surface area contributed by atoms with Gasteiger partial charge in [-0.05, 0) is 35.8 Å². The second-order valence-electron chi connectivity index (χ2n) is 4.18. The summed E-state index contributed by atoms with van der Waals surface area (Å²) in [7, 11) is 0. The van der Waals surface area contributed by atoms with Crippen molar-refractivity contribution in [2.75, 3.05) is 6.54 Å². The summed E-state index contributed by atoms with van der Waals surface area (Å²) in [6.07, 6.45) is 4.86. The molecule has 1 heterocycles. The molecule has 1 aliphatic rings. The van der Waals surface area contributed by atoms with E-state index in [1.807, 2.05) is 24.3 Å². The third-order valence-corrected chi connectivity index (χ3v) is 2.82. The highest BCUT2D eigenvalue weighted by atomic mass is 16.3. The molecular weight excluding hydrogens is 224 g/mol. The van der Waals surface area contributed by atoms with E-state index in [1.54, 1.807) is 6.07 Å². The van der Waals surface area contributed by atoms with Crippen molar-refractivity contribution < 1.29 is 5.11 Å². The van der Waals surface area contributed by atoms with Crippen LogP contribution < -0.4 is 0 Å². The number of rotatable bonds is 4. The maximum atomic E-state index is 9.88. The van der Waals surface area contributed by atoms with Crippen LogP contribution in [0.15, 0.2) is 47.5 Å². The fraction of sp³-hybridized carbons (Fsp3) is 0.200. The standard InChI is InChI=1S/C15H14N2O/c1-2-3-11-4-5-15(18)13(8-11)14-9-12(6-7-16)10-17-14/h2,4-5,8-9,18H,1,3,6,10H2. The van der Waals surface area contributed by atoms with Crippen LogP contribution in [0.3, 0.4) is 0 Å². The summed E-state index contributed by atoms with van der Waals surface area (Å²) in [5, 5.41) is 18.5. The van der Waals surface area contributed by atoms with Crippen molar-refractivity contribution in [3.8, 4) is 11.8 Å². The third kappa shape index (κ3) is 2.49. The Kier molecular flexibility index (Phi) is 3.59. The quantitative estimate of drug-likeness (QED) is 0.820. The Morgan fingerprint density at radius 1 is 1.50 bits per heavy atom. The lowest BCUT2D eigenvalue weighted by molar-refractivity contribution is 0.474. The number of hydrogen-bond acceptors (Lipinski definition) is 3. The lowest BCUT2D eigenvalue weighted by Gasteiger charge is -2.05. The van der Waals surface area contributed by atoms with Gasteiger partial charge in [0.15, 0.2) is 0 Å². The minimum absolute atomic E-state index is 0.219. The number of allylic oxidation sites excluding steroid dienone is 2. The maximum absolute atomic E-state index is 9.88. The first-order chi connectivity index (χ1) is 8.74. The zero-order valence-corrected chi connectivity index (χ0v) is 10.1. The van der Waals surface area contributed by atoms with Crippen LogP contribution in [0.5, 0.6) is 5.75 Å². The predicted molar refractivity (Wildman–Crippen MR) is 71.7 cm³/mol. The van der Waals surface area contributed by atoms with Crippen LogP contribution in [0.25, 0.3) is 0 Å². The monoisotopic (exact) mass is 238 g/mol. The highest BCUT2D eigenvalue weighted by Crippen LogP contribution is 2.24. The number of aromatic hydroxyl groups is 1. The van der Waals surface area contributed by atoms with Gasteiger partial charge < -0.3 is 5.11 Å². The van der Waals surface area contributed by atoms with Gasteiger partial charge in [0.2, 0.25) is 0 Å².